The van der Waals surface area contributed by atoms with E-state index in [1.165, 1.54) is 0 Å². The van der Waals surface area contributed by atoms with Gasteiger partial charge in [-0.15, -0.1) is 0 Å². The van der Waals surface area contributed by atoms with Gasteiger partial charge in [0.15, 0.2) is 0 Å². The van der Waals surface area contributed by atoms with Crippen molar-refractivity contribution < 1.29 is 9.90 Å². The Kier molecular flexibility index (Phi) is 3.08. The molecule has 2 N–H and O–H groups in total. The number of nitriles is 1. The van der Waals surface area contributed by atoms with E-state index >= 15 is 0 Å². The van der Waals surface area contributed by atoms with Gasteiger partial charge in [0.05, 0.1) is 11.6 Å². The lowest BCUT2D eigenvalue weighted by Gasteiger charge is -2.09. The number of aliphatic carboxylic acids is 1. The van der Waals surface area contributed by atoms with Gasteiger partial charge in [-0.1, -0.05) is 0 Å². The summed E-state index contributed by atoms with van der Waals surface area (Å²) in [6, 6.07) is 7.98. The number of hydrogen-bond donors (Lipinski definition) is 2. The zero-order valence-corrected chi connectivity index (χ0v) is 7.69. The van der Waals surface area contributed by atoms with Gasteiger partial charge in [0.25, 0.3) is 0 Å². The van der Waals surface area contributed by atoms with E-state index in [2.05, 4.69) is 5.32 Å². The molecule has 0 aromatic heterocycles. The van der Waals surface area contributed by atoms with E-state index in [9.17, 15) is 4.79 Å². The van der Waals surface area contributed by atoms with Gasteiger partial charge in [0.2, 0.25) is 0 Å². The summed E-state index contributed by atoms with van der Waals surface area (Å²) in [7, 11) is 0. The van der Waals surface area contributed by atoms with Gasteiger partial charge in [0.1, 0.15) is 6.04 Å². The predicted octanol–water partition coefficient (Wildman–Crippen LogP) is 1.44. The van der Waals surface area contributed by atoms with E-state index in [1.807, 2.05) is 6.07 Å². The molecule has 72 valence electrons. The first kappa shape index (κ1) is 10.1. The Labute approximate surface area is 81.8 Å². The lowest BCUT2D eigenvalue weighted by atomic mass is 10.2. The second kappa shape index (κ2) is 4.28. The number of carboxylic acids is 1. The number of nitrogens with one attached hydrogen (secondary N) is 1. The van der Waals surface area contributed by atoms with E-state index in [-0.39, 0.29) is 0 Å². The van der Waals surface area contributed by atoms with Gasteiger partial charge in [0, 0.05) is 5.69 Å². The second-order valence-electron chi connectivity index (χ2n) is 2.89. The smallest absolute Gasteiger partial charge is 0.325 e. The highest BCUT2D eigenvalue weighted by molar-refractivity contribution is 5.76. The molecule has 1 atom stereocenters. The van der Waals surface area contributed by atoms with Gasteiger partial charge < -0.3 is 10.4 Å². The standard InChI is InChI=1S/C10H10N2O2/c1-7(10(13)14)12-9-4-2-8(6-11)3-5-9/h2-5,7,12H,1H3,(H,13,14). The third-order valence-corrected chi connectivity index (χ3v) is 1.77. The molecule has 1 aromatic carbocycles. The van der Waals surface area contributed by atoms with Crippen LogP contribution in [-0.2, 0) is 4.79 Å². The molecule has 1 aromatic rings. The molecule has 0 heterocycles. The average Bonchev–Trinajstić information content (AvgIpc) is 2.19. The van der Waals surface area contributed by atoms with Crippen LogP contribution in [0.4, 0.5) is 5.69 Å². The first-order valence-electron chi connectivity index (χ1n) is 4.13. The van der Waals surface area contributed by atoms with Crippen molar-refractivity contribution in [1.82, 2.24) is 0 Å². The van der Waals surface area contributed by atoms with Crippen LogP contribution in [0.3, 0.4) is 0 Å². The van der Waals surface area contributed by atoms with E-state index in [1.54, 1.807) is 31.2 Å². The molecule has 1 rings (SSSR count). The highest BCUT2D eigenvalue weighted by atomic mass is 16.4. The van der Waals surface area contributed by atoms with Crippen molar-refractivity contribution in [2.24, 2.45) is 0 Å². The molecule has 1 unspecified atom stereocenters. The Morgan fingerprint density at radius 3 is 2.50 bits per heavy atom. The summed E-state index contributed by atoms with van der Waals surface area (Å²) in [6.07, 6.45) is 0. The van der Waals surface area contributed by atoms with Crippen molar-refractivity contribution >= 4 is 11.7 Å². The second-order valence-corrected chi connectivity index (χ2v) is 2.89. The van der Waals surface area contributed by atoms with Crippen molar-refractivity contribution in [3.05, 3.63) is 29.8 Å². The fraction of sp³-hybridized carbons (Fsp3) is 0.200. The number of anilines is 1. The number of hydrogen-bond acceptors (Lipinski definition) is 3. The van der Waals surface area contributed by atoms with Crippen LogP contribution in [0, 0.1) is 11.3 Å². The Morgan fingerprint density at radius 1 is 1.50 bits per heavy atom. The van der Waals surface area contributed by atoms with E-state index in [0.717, 1.165) is 0 Å². The predicted molar refractivity (Wildman–Crippen MR) is 51.9 cm³/mol. The molecular formula is C10H10N2O2. The molecule has 0 radical (unpaired) electrons. The molecular weight excluding hydrogens is 180 g/mol. The van der Waals surface area contributed by atoms with Crippen LogP contribution in [0.15, 0.2) is 24.3 Å². The summed E-state index contributed by atoms with van der Waals surface area (Å²) in [5, 5.41) is 19.9. The van der Waals surface area contributed by atoms with Gasteiger partial charge in [-0.3, -0.25) is 4.79 Å². The largest absolute Gasteiger partial charge is 0.480 e. The molecule has 4 heteroatoms. The van der Waals surface area contributed by atoms with Gasteiger partial charge in [-0.25, -0.2) is 0 Å². The minimum absolute atomic E-state index is 0.554. The van der Waals surface area contributed by atoms with Crippen LogP contribution < -0.4 is 5.32 Å². The maximum absolute atomic E-state index is 10.5. The fourth-order valence-corrected chi connectivity index (χ4v) is 0.953. The van der Waals surface area contributed by atoms with Crippen molar-refractivity contribution in [3.63, 3.8) is 0 Å². The number of benzene rings is 1. The Hall–Kier alpha value is -2.02. The first-order chi connectivity index (χ1) is 6.63. The number of carbonyl (C=O) groups is 1. The maximum atomic E-state index is 10.5. The average molecular weight is 190 g/mol. The normalized spacial score (nSPS) is 11.4. The molecule has 0 aliphatic heterocycles. The monoisotopic (exact) mass is 190 g/mol. The third-order valence-electron chi connectivity index (χ3n) is 1.77. The first-order valence-corrected chi connectivity index (χ1v) is 4.13. The topological polar surface area (TPSA) is 73.1 Å². The molecule has 0 aliphatic carbocycles. The van der Waals surface area contributed by atoms with Crippen LogP contribution in [0.2, 0.25) is 0 Å². The molecule has 0 aliphatic rings. The Balaban J connectivity index is 2.70. The molecule has 0 saturated carbocycles. The van der Waals surface area contributed by atoms with Gasteiger partial charge >= 0.3 is 5.97 Å². The lowest BCUT2D eigenvalue weighted by Crippen LogP contribution is -2.25. The van der Waals surface area contributed by atoms with Gasteiger partial charge in [-0.2, -0.15) is 5.26 Å². The molecule has 0 bridgehead atoms. The summed E-state index contributed by atoms with van der Waals surface area (Å²) in [6.45, 7) is 1.56. The molecule has 0 amide bonds. The van der Waals surface area contributed by atoms with Crippen LogP contribution >= 0.6 is 0 Å². The third kappa shape index (κ3) is 2.49. The zero-order chi connectivity index (χ0) is 10.6. The SMILES string of the molecule is CC(Nc1ccc(C#N)cc1)C(=O)O. The van der Waals surface area contributed by atoms with E-state index in [0.29, 0.717) is 11.3 Å². The molecule has 0 saturated heterocycles. The van der Waals surface area contributed by atoms with Gasteiger partial charge in [-0.05, 0) is 31.2 Å². The molecule has 14 heavy (non-hydrogen) atoms. The summed E-state index contributed by atoms with van der Waals surface area (Å²) < 4.78 is 0. The van der Waals surface area contributed by atoms with Crippen LogP contribution in [0.5, 0.6) is 0 Å². The summed E-state index contributed by atoms with van der Waals surface area (Å²) >= 11 is 0. The highest BCUT2D eigenvalue weighted by Crippen LogP contribution is 2.09. The van der Waals surface area contributed by atoms with Crippen LogP contribution in [-0.4, -0.2) is 17.1 Å². The minimum atomic E-state index is -0.908. The Morgan fingerprint density at radius 2 is 2.07 bits per heavy atom. The quantitative estimate of drug-likeness (QED) is 0.756. The van der Waals surface area contributed by atoms with E-state index < -0.39 is 12.0 Å². The highest BCUT2D eigenvalue weighted by Gasteiger charge is 2.09. The minimum Gasteiger partial charge on any atom is -0.480 e. The maximum Gasteiger partial charge on any atom is 0.325 e. The van der Waals surface area contributed by atoms with E-state index in [4.69, 9.17) is 10.4 Å². The number of carboxylic acid groups (broad SMARTS) is 1. The number of nitrogens with zero attached hydrogens (tertiary/aromatic N) is 1. The fourth-order valence-electron chi connectivity index (χ4n) is 0.953. The van der Waals surface area contributed by atoms with Crippen LogP contribution in [0.25, 0.3) is 0 Å². The number of rotatable bonds is 3. The molecule has 4 nitrogen and oxygen atoms in total. The van der Waals surface area contributed by atoms with Crippen molar-refractivity contribution in [1.29, 1.82) is 5.26 Å². The van der Waals surface area contributed by atoms with Crippen LogP contribution in [0.1, 0.15) is 12.5 Å². The van der Waals surface area contributed by atoms with Crippen molar-refractivity contribution in [2.45, 2.75) is 13.0 Å². The summed E-state index contributed by atoms with van der Waals surface area (Å²) in [4.78, 5) is 10.5. The molecule has 0 fully saturated rings. The summed E-state index contributed by atoms with van der Waals surface area (Å²) in [5.41, 5.74) is 1.25. The summed E-state index contributed by atoms with van der Waals surface area (Å²) in [5.74, 6) is -0.908. The molecule has 0 spiro atoms. The zero-order valence-electron chi connectivity index (χ0n) is 7.69. The lowest BCUT2D eigenvalue weighted by molar-refractivity contribution is -0.137. The van der Waals surface area contributed by atoms with Crippen molar-refractivity contribution in [2.75, 3.05) is 5.32 Å². The van der Waals surface area contributed by atoms with Crippen molar-refractivity contribution in [3.8, 4) is 6.07 Å². The Bertz CT molecular complexity index is 365.